The lowest BCUT2D eigenvalue weighted by molar-refractivity contribution is 0.346. The molecular weight excluding hydrogens is 266 g/mol. The second-order valence-electron chi connectivity index (χ2n) is 3.69. The van der Waals surface area contributed by atoms with Gasteiger partial charge in [-0.25, -0.2) is 0 Å². The zero-order valence-corrected chi connectivity index (χ0v) is 11.4. The minimum absolute atomic E-state index is 0.576. The molecule has 0 amide bonds. The van der Waals surface area contributed by atoms with Gasteiger partial charge in [-0.2, -0.15) is 0 Å². The first-order chi connectivity index (χ1) is 8.75. The maximum atomic E-state index is 5.82. The molecule has 0 atom stereocenters. The monoisotopic (exact) mass is 279 g/mol. The Hall–Kier alpha value is -1.32. The lowest BCUT2D eigenvalue weighted by Gasteiger charge is -2.08. The number of hydrogen-bond donors (Lipinski definition) is 1. The summed E-state index contributed by atoms with van der Waals surface area (Å²) in [6, 6.07) is 15.5. The summed E-state index contributed by atoms with van der Waals surface area (Å²) in [4.78, 5) is 1.24. The van der Waals surface area contributed by atoms with Gasteiger partial charge in [0.15, 0.2) is 0 Å². The first-order valence-electron chi connectivity index (χ1n) is 5.61. The Morgan fingerprint density at radius 1 is 1.11 bits per heavy atom. The molecule has 4 heteroatoms. The van der Waals surface area contributed by atoms with Gasteiger partial charge >= 0.3 is 0 Å². The number of nitrogens with two attached hydrogens (primary N) is 1. The Labute approximate surface area is 116 Å². The highest BCUT2D eigenvalue weighted by molar-refractivity contribution is 7.99. The zero-order chi connectivity index (χ0) is 12.8. The summed E-state index contributed by atoms with van der Waals surface area (Å²) < 4.78 is 5.61. The first kappa shape index (κ1) is 13.1. The average Bonchev–Trinajstić information content (AvgIpc) is 2.38. The van der Waals surface area contributed by atoms with Crippen molar-refractivity contribution >= 4 is 29.1 Å². The standard InChI is InChI=1S/C14H14ClNOS/c15-11-6-7-14(13(16)10-11)17-8-9-18-12-4-2-1-3-5-12/h1-7,10H,8-9,16H2. The minimum atomic E-state index is 0.576. The van der Waals surface area contributed by atoms with E-state index in [2.05, 4.69) is 12.1 Å². The maximum Gasteiger partial charge on any atom is 0.142 e. The van der Waals surface area contributed by atoms with Gasteiger partial charge in [-0.1, -0.05) is 29.8 Å². The molecular formula is C14H14ClNOS. The molecule has 0 saturated carbocycles. The van der Waals surface area contributed by atoms with E-state index in [-0.39, 0.29) is 0 Å². The Balaban J connectivity index is 1.79. The molecule has 2 N–H and O–H groups in total. The molecule has 0 spiro atoms. The second-order valence-corrected chi connectivity index (χ2v) is 5.30. The van der Waals surface area contributed by atoms with E-state index in [0.717, 1.165) is 5.75 Å². The number of anilines is 1. The lowest BCUT2D eigenvalue weighted by atomic mass is 10.3. The Bertz CT molecular complexity index is 504. The molecule has 0 unspecified atom stereocenters. The number of thioether (sulfide) groups is 1. The van der Waals surface area contributed by atoms with Crippen molar-refractivity contribution in [3.63, 3.8) is 0 Å². The van der Waals surface area contributed by atoms with Crippen LogP contribution in [-0.2, 0) is 0 Å². The molecule has 0 aliphatic rings. The highest BCUT2D eigenvalue weighted by atomic mass is 35.5. The van der Waals surface area contributed by atoms with E-state index in [1.807, 2.05) is 18.2 Å². The van der Waals surface area contributed by atoms with Crippen molar-refractivity contribution in [1.29, 1.82) is 0 Å². The molecule has 94 valence electrons. The van der Waals surface area contributed by atoms with Gasteiger partial charge in [-0.15, -0.1) is 11.8 Å². The van der Waals surface area contributed by atoms with Crippen LogP contribution < -0.4 is 10.5 Å². The summed E-state index contributed by atoms with van der Waals surface area (Å²) in [6.07, 6.45) is 0. The van der Waals surface area contributed by atoms with Gasteiger partial charge < -0.3 is 10.5 Å². The third kappa shape index (κ3) is 3.86. The third-order valence-electron chi connectivity index (χ3n) is 2.32. The number of nitrogen functional groups attached to an aromatic ring is 1. The summed E-state index contributed by atoms with van der Waals surface area (Å²) in [6.45, 7) is 0.616. The van der Waals surface area contributed by atoms with Crippen LogP contribution in [0.15, 0.2) is 53.4 Å². The van der Waals surface area contributed by atoms with Crippen LogP contribution in [0.1, 0.15) is 0 Å². The van der Waals surface area contributed by atoms with Crippen LogP contribution in [-0.4, -0.2) is 12.4 Å². The van der Waals surface area contributed by atoms with Crippen LogP contribution in [0.3, 0.4) is 0 Å². The molecule has 0 radical (unpaired) electrons. The molecule has 0 heterocycles. The van der Waals surface area contributed by atoms with Gasteiger partial charge in [0.2, 0.25) is 0 Å². The van der Waals surface area contributed by atoms with E-state index in [1.165, 1.54) is 4.90 Å². The SMILES string of the molecule is Nc1cc(Cl)ccc1OCCSc1ccccc1. The van der Waals surface area contributed by atoms with Crippen molar-refractivity contribution in [1.82, 2.24) is 0 Å². The van der Waals surface area contributed by atoms with Crippen molar-refractivity contribution in [3.8, 4) is 5.75 Å². The summed E-state index contributed by atoms with van der Waals surface area (Å²) >= 11 is 7.58. The van der Waals surface area contributed by atoms with Crippen molar-refractivity contribution in [3.05, 3.63) is 53.6 Å². The van der Waals surface area contributed by atoms with E-state index in [0.29, 0.717) is 23.1 Å². The van der Waals surface area contributed by atoms with E-state index >= 15 is 0 Å². The van der Waals surface area contributed by atoms with Crippen LogP contribution >= 0.6 is 23.4 Å². The predicted octanol–water partition coefficient (Wildman–Crippen LogP) is 4.09. The molecule has 2 aromatic carbocycles. The molecule has 0 aromatic heterocycles. The molecule has 0 aliphatic carbocycles. The van der Waals surface area contributed by atoms with Gasteiger partial charge in [0, 0.05) is 15.7 Å². The van der Waals surface area contributed by atoms with Gasteiger partial charge in [0.05, 0.1) is 12.3 Å². The maximum absolute atomic E-state index is 5.82. The van der Waals surface area contributed by atoms with E-state index in [1.54, 1.807) is 30.0 Å². The first-order valence-corrected chi connectivity index (χ1v) is 6.98. The lowest BCUT2D eigenvalue weighted by Crippen LogP contribution is -2.02. The number of hydrogen-bond acceptors (Lipinski definition) is 3. The number of halogens is 1. The van der Waals surface area contributed by atoms with Crippen LogP contribution in [0.25, 0.3) is 0 Å². The van der Waals surface area contributed by atoms with E-state index in [4.69, 9.17) is 22.1 Å². The Morgan fingerprint density at radius 2 is 1.89 bits per heavy atom. The van der Waals surface area contributed by atoms with Gasteiger partial charge in [0.25, 0.3) is 0 Å². The summed E-state index contributed by atoms with van der Waals surface area (Å²) in [7, 11) is 0. The van der Waals surface area contributed by atoms with Crippen molar-refractivity contribution < 1.29 is 4.74 Å². The van der Waals surface area contributed by atoms with Gasteiger partial charge in [-0.05, 0) is 30.3 Å². The molecule has 18 heavy (non-hydrogen) atoms. The number of benzene rings is 2. The fourth-order valence-corrected chi connectivity index (χ4v) is 2.41. The second kappa shape index (κ2) is 6.57. The normalized spacial score (nSPS) is 10.3. The fraction of sp³-hybridized carbons (Fsp3) is 0.143. The van der Waals surface area contributed by atoms with Crippen LogP contribution in [0, 0.1) is 0 Å². The van der Waals surface area contributed by atoms with Crippen LogP contribution in [0.2, 0.25) is 5.02 Å². The highest BCUT2D eigenvalue weighted by Gasteiger charge is 2.01. The minimum Gasteiger partial charge on any atom is -0.491 e. The molecule has 0 fully saturated rings. The molecule has 2 aromatic rings. The van der Waals surface area contributed by atoms with Crippen molar-refractivity contribution in [2.75, 3.05) is 18.1 Å². The summed E-state index contributed by atoms with van der Waals surface area (Å²) in [5.41, 5.74) is 6.37. The van der Waals surface area contributed by atoms with Crippen LogP contribution in [0.5, 0.6) is 5.75 Å². The number of rotatable bonds is 5. The van der Waals surface area contributed by atoms with Crippen molar-refractivity contribution in [2.24, 2.45) is 0 Å². The molecule has 2 rings (SSSR count). The largest absolute Gasteiger partial charge is 0.491 e. The molecule has 2 nitrogen and oxygen atoms in total. The summed E-state index contributed by atoms with van der Waals surface area (Å²) in [5, 5.41) is 0.624. The van der Waals surface area contributed by atoms with Gasteiger partial charge in [-0.3, -0.25) is 0 Å². The predicted molar refractivity (Wildman–Crippen MR) is 78.5 cm³/mol. The van der Waals surface area contributed by atoms with Crippen molar-refractivity contribution in [2.45, 2.75) is 4.90 Å². The topological polar surface area (TPSA) is 35.2 Å². The average molecular weight is 280 g/mol. The highest BCUT2D eigenvalue weighted by Crippen LogP contribution is 2.25. The van der Waals surface area contributed by atoms with Gasteiger partial charge in [0.1, 0.15) is 5.75 Å². The molecule has 0 bridgehead atoms. The fourth-order valence-electron chi connectivity index (χ4n) is 1.48. The smallest absolute Gasteiger partial charge is 0.142 e. The zero-order valence-electron chi connectivity index (χ0n) is 9.80. The number of ether oxygens (including phenoxy) is 1. The van der Waals surface area contributed by atoms with E-state index < -0.39 is 0 Å². The molecule has 0 aliphatic heterocycles. The Kier molecular flexibility index (Phi) is 4.79. The third-order valence-corrected chi connectivity index (χ3v) is 3.54. The quantitative estimate of drug-likeness (QED) is 0.509. The Morgan fingerprint density at radius 3 is 2.61 bits per heavy atom. The summed E-state index contributed by atoms with van der Waals surface area (Å²) in [5.74, 6) is 1.57. The van der Waals surface area contributed by atoms with E-state index in [9.17, 15) is 0 Å². The molecule has 0 saturated heterocycles. The van der Waals surface area contributed by atoms with Crippen LogP contribution in [0.4, 0.5) is 5.69 Å².